The van der Waals surface area contributed by atoms with E-state index in [1.807, 2.05) is 18.2 Å². The van der Waals surface area contributed by atoms with Gasteiger partial charge in [-0.1, -0.05) is 42.5 Å². The Kier molecular flexibility index (Phi) is 6.06. The Balaban J connectivity index is 1.74. The van der Waals surface area contributed by atoms with Gasteiger partial charge in [-0.15, -0.1) is 0 Å². The molecule has 140 valence electrons. The van der Waals surface area contributed by atoms with Gasteiger partial charge in [-0.2, -0.15) is 8.42 Å². The van der Waals surface area contributed by atoms with Gasteiger partial charge in [0.1, 0.15) is 5.82 Å². The van der Waals surface area contributed by atoms with E-state index in [0.29, 0.717) is 0 Å². The van der Waals surface area contributed by atoms with E-state index in [1.165, 1.54) is 17.7 Å². The van der Waals surface area contributed by atoms with Crippen LogP contribution in [-0.4, -0.2) is 39.3 Å². The Hall–Kier alpha value is -1.76. The van der Waals surface area contributed by atoms with E-state index in [2.05, 4.69) is 17.0 Å². The Bertz CT molecular complexity index is 809. The SMILES string of the molecule is CS(=O)(=O)OCC1CN(Cc2ccccc2)CCC1c1ccc(F)cc1. The molecule has 2 aromatic carbocycles. The third-order valence-electron chi connectivity index (χ3n) is 4.86. The number of benzene rings is 2. The zero-order chi connectivity index (χ0) is 18.6. The monoisotopic (exact) mass is 377 g/mol. The van der Waals surface area contributed by atoms with Crippen molar-refractivity contribution in [2.24, 2.45) is 5.92 Å². The van der Waals surface area contributed by atoms with Crippen molar-refractivity contribution in [3.8, 4) is 0 Å². The van der Waals surface area contributed by atoms with Crippen LogP contribution in [0.1, 0.15) is 23.5 Å². The molecule has 0 spiro atoms. The summed E-state index contributed by atoms with van der Waals surface area (Å²) in [7, 11) is -3.49. The third-order valence-corrected chi connectivity index (χ3v) is 5.43. The summed E-state index contributed by atoms with van der Waals surface area (Å²) in [6.45, 7) is 2.62. The van der Waals surface area contributed by atoms with Crippen LogP contribution in [-0.2, 0) is 20.8 Å². The highest BCUT2D eigenvalue weighted by Gasteiger charge is 2.31. The van der Waals surface area contributed by atoms with E-state index in [-0.39, 0.29) is 24.3 Å². The van der Waals surface area contributed by atoms with Gasteiger partial charge in [0.05, 0.1) is 12.9 Å². The second-order valence-corrected chi connectivity index (χ2v) is 8.56. The summed E-state index contributed by atoms with van der Waals surface area (Å²) in [5, 5.41) is 0. The summed E-state index contributed by atoms with van der Waals surface area (Å²) in [5.41, 5.74) is 2.27. The van der Waals surface area contributed by atoms with Crippen molar-refractivity contribution < 1.29 is 17.0 Å². The normalized spacial score (nSPS) is 21.6. The number of piperidine rings is 1. The maximum Gasteiger partial charge on any atom is 0.264 e. The van der Waals surface area contributed by atoms with Gasteiger partial charge >= 0.3 is 0 Å². The molecule has 2 aromatic rings. The van der Waals surface area contributed by atoms with Crippen LogP contribution < -0.4 is 0 Å². The van der Waals surface area contributed by atoms with E-state index in [0.717, 1.165) is 37.9 Å². The van der Waals surface area contributed by atoms with Crippen LogP contribution in [0.25, 0.3) is 0 Å². The first-order valence-electron chi connectivity index (χ1n) is 8.77. The third kappa shape index (κ3) is 5.37. The van der Waals surface area contributed by atoms with Crippen molar-refractivity contribution in [1.82, 2.24) is 4.90 Å². The highest BCUT2D eigenvalue weighted by Crippen LogP contribution is 2.34. The van der Waals surface area contributed by atoms with Crippen LogP contribution in [0.2, 0.25) is 0 Å². The molecule has 6 heteroatoms. The van der Waals surface area contributed by atoms with Crippen molar-refractivity contribution in [2.45, 2.75) is 18.9 Å². The molecule has 3 rings (SSSR count). The molecule has 0 radical (unpaired) electrons. The van der Waals surface area contributed by atoms with Crippen LogP contribution in [0.15, 0.2) is 54.6 Å². The van der Waals surface area contributed by atoms with Crippen LogP contribution >= 0.6 is 0 Å². The van der Waals surface area contributed by atoms with Crippen molar-refractivity contribution >= 4 is 10.1 Å². The average Bonchev–Trinajstić information content (AvgIpc) is 2.61. The molecule has 0 N–H and O–H groups in total. The van der Waals surface area contributed by atoms with Crippen molar-refractivity contribution in [3.63, 3.8) is 0 Å². The zero-order valence-electron chi connectivity index (χ0n) is 14.8. The molecule has 2 unspecified atom stereocenters. The minimum atomic E-state index is -3.49. The number of hydrogen-bond donors (Lipinski definition) is 0. The first-order valence-corrected chi connectivity index (χ1v) is 10.6. The number of likely N-dealkylation sites (tertiary alicyclic amines) is 1. The van der Waals surface area contributed by atoms with E-state index < -0.39 is 10.1 Å². The van der Waals surface area contributed by atoms with E-state index >= 15 is 0 Å². The van der Waals surface area contributed by atoms with Gasteiger partial charge in [0.25, 0.3) is 10.1 Å². The number of rotatable bonds is 6. The minimum absolute atomic E-state index is 0.0349. The fourth-order valence-corrected chi connectivity index (χ4v) is 4.04. The highest BCUT2D eigenvalue weighted by molar-refractivity contribution is 7.85. The number of nitrogens with zero attached hydrogens (tertiary/aromatic N) is 1. The summed E-state index contributed by atoms with van der Waals surface area (Å²) in [6.07, 6.45) is 1.96. The fraction of sp³-hybridized carbons (Fsp3) is 0.400. The van der Waals surface area contributed by atoms with E-state index in [4.69, 9.17) is 4.18 Å². The lowest BCUT2D eigenvalue weighted by molar-refractivity contribution is 0.109. The molecule has 0 saturated carbocycles. The minimum Gasteiger partial charge on any atom is -0.299 e. The summed E-state index contributed by atoms with van der Waals surface area (Å²) < 4.78 is 41.3. The molecule has 26 heavy (non-hydrogen) atoms. The summed E-state index contributed by atoms with van der Waals surface area (Å²) in [6, 6.07) is 16.7. The van der Waals surface area contributed by atoms with Gasteiger partial charge in [0.15, 0.2) is 0 Å². The lowest BCUT2D eigenvalue weighted by Crippen LogP contribution is -2.41. The highest BCUT2D eigenvalue weighted by atomic mass is 32.2. The molecular formula is C20H24FNO3S. The molecule has 0 amide bonds. The Morgan fingerprint density at radius 2 is 1.81 bits per heavy atom. The first-order chi connectivity index (χ1) is 12.4. The summed E-state index contributed by atoms with van der Waals surface area (Å²) in [5.74, 6) is -0.0729. The average molecular weight is 377 g/mol. The van der Waals surface area contributed by atoms with Gasteiger partial charge < -0.3 is 0 Å². The van der Waals surface area contributed by atoms with Gasteiger partial charge in [0, 0.05) is 19.0 Å². The van der Waals surface area contributed by atoms with Crippen molar-refractivity contribution in [3.05, 3.63) is 71.5 Å². The first kappa shape index (κ1) is 19.0. The van der Waals surface area contributed by atoms with Gasteiger partial charge in [-0.05, 0) is 42.1 Å². The zero-order valence-corrected chi connectivity index (χ0v) is 15.7. The van der Waals surface area contributed by atoms with E-state index in [9.17, 15) is 12.8 Å². The van der Waals surface area contributed by atoms with Crippen molar-refractivity contribution in [2.75, 3.05) is 26.0 Å². The summed E-state index contributed by atoms with van der Waals surface area (Å²) in [4.78, 5) is 2.33. The molecule has 4 nitrogen and oxygen atoms in total. The maximum absolute atomic E-state index is 13.2. The second-order valence-electron chi connectivity index (χ2n) is 6.92. The topological polar surface area (TPSA) is 46.6 Å². The van der Waals surface area contributed by atoms with Gasteiger partial charge in [-0.25, -0.2) is 4.39 Å². The summed E-state index contributed by atoms with van der Waals surface area (Å²) >= 11 is 0. The molecule has 0 bridgehead atoms. The Morgan fingerprint density at radius 1 is 1.12 bits per heavy atom. The number of halogens is 1. The molecule has 2 atom stereocenters. The standard InChI is InChI=1S/C20H24FNO3S/c1-26(23,24)25-15-18-14-22(13-16-5-3-2-4-6-16)12-11-20(18)17-7-9-19(21)10-8-17/h2-10,18,20H,11-15H2,1H3. The van der Waals surface area contributed by atoms with Crippen molar-refractivity contribution in [1.29, 1.82) is 0 Å². The van der Waals surface area contributed by atoms with Crippen LogP contribution in [0.3, 0.4) is 0 Å². The predicted molar refractivity (Wildman–Crippen MR) is 99.8 cm³/mol. The Morgan fingerprint density at radius 3 is 2.46 bits per heavy atom. The largest absolute Gasteiger partial charge is 0.299 e. The fourth-order valence-electron chi connectivity index (χ4n) is 3.62. The smallest absolute Gasteiger partial charge is 0.264 e. The second kappa shape index (κ2) is 8.29. The van der Waals surface area contributed by atoms with Crippen LogP contribution in [0.4, 0.5) is 4.39 Å². The molecular weight excluding hydrogens is 353 g/mol. The van der Waals surface area contributed by atoms with E-state index in [1.54, 1.807) is 12.1 Å². The lowest BCUT2D eigenvalue weighted by Gasteiger charge is -2.38. The predicted octanol–water partition coefficient (Wildman–Crippen LogP) is 3.41. The lowest BCUT2D eigenvalue weighted by atomic mass is 9.81. The molecule has 1 heterocycles. The molecule has 0 aromatic heterocycles. The molecule has 1 aliphatic heterocycles. The maximum atomic E-state index is 13.2. The number of hydrogen-bond acceptors (Lipinski definition) is 4. The molecule has 1 fully saturated rings. The van der Waals surface area contributed by atoms with Crippen LogP contribution in [0, 0.1) is 11.7 Å². The molecule has 1 aliphatic rings. The van der Waals surface area contributed by atoms with Gasteiger partial charge in [-0.3, -0.25) is 9.08 Å². The quantitative estimate of drug-likeness (QED) is 0.724. The van der Waals surface area contributed by atoms with Crippen LogP contribution in [0.5, 0.6) is 0 Å². The van der Waals surface area contributed by atoms with Gasteiger partial charge in [0.2, 0.25) is 0 Å². The Labute approximate surface area is 154 Å². The molecule has 0 aliphatic carbocycles. The molecule has 1 saturated heterocycles.